The average Bonchev–Trinajstić information content (AvgIpc) is 2.69. The van der Waals surface area contributed by atoms with E-state index in [1.165, 1.54) is 0 Å². The van der Waals surface area contributed by atoms with Crippen molar-refractivity contribution in [2.24, 2.45) is 0 Å². The third kappa shape index (κ3) is 3.47. The highest BCUT2D eigenvalue weighted by Crippen LogP contribution is 2.27. The van der Waals surface area contributed by atoms with Gasteiger partial charge >= 0.3 is 11.1 Å². The molecular weight excluding hydrogens is 348 g/mol. The molecule has 8 nitrogen and oxygen atoms in total. The first-order valence-corrected chi connectivity index (χ1v) is 8.61. The molecule has 3 N–H and O–H groups in total. The standard InChI is InChI=1S/C19H18N4O4/c24-17(12-5-6-13-15(11-12)22-19(26)18(25)20-13)21-14-3-1-2-4-16(14)23-7-9-27-10-8-23/h1-6,11H,7-10H2,(H,20,25)(H,21,24)(H,22,26). The van der Waals surface area contributed by atoms with Crippen molar-refractivity contribution >= 4 is 28.3 Å². The summed E-state index contributed by atoms with van der Waals surface area (Å²) in [6.07, 6.45) is 0. The van der Waals surface area contributed by atoms with Crippen molar-refractivity contribution in [2.75, 3.05) is 36.5 Å². The van der Waals surface area contributed by atoms with Gasteiger partial charge in [-0.2, -0.15) is 0 Å². The Hall–Kier alpha value is -3.39. The van der Waals surface area contributed by atoms with Crippen molar-refractivity contribution in [3.05, 3.63) is 68.7 Å². The number of para-hydroxylation sites is 2. The first-order valence-electron chi connectivity index (χ1n) is 8.61. The Morgan fingerprint density at radius 2 is 1.67 bits per heavy atom. The summed E-state index contributed by atoms with van der Waals surface area (Å²) in [6.45, 7) is 2.83. The van der Waals surface area contributed by atoms with E-state index in [4.69, 9.17) is 4.74 Å². The highest BCUT2D eigenvalue weighted by atomic mass is 16.5. The van der Waals surface area contributed by atoms with Crippen LogP contribution in [-0.2, 0) is 4.74 Å². The molecule has 1 amide bonds. The van der Waals surface area contributed by atoms with Crippen LogP contribution in [-0.4, -0.2) is 42.2 Å². The molecular formula is C19H18N4O4. The molecule has 0 unspecified atom stereocenters. The van der Waals surface area contributed by atoms with Crippen LogP contribution >= 0.6 is 0 Å². The minimum absolute atomic E-state index is 0.301. The molecule has 3 aromatic rings. The van der Waals surface area contributed by atoms with Crippen LogP contribution in [0.15, 0.2) is 52.1 Å². The molecule has 0 radical (unpaired) electrons. The summed E-state index contributed by atoms with van der Waals surface area (Å²) in [6, 6.07) is 12.3. The number of carbonyl (C=O) groups excluding carboxylic acids is 1. The van der Waals surface area contributed by atoms with Gasteiger partial charge in [0.2, 0.25) is 0 Å². The maximum absolute atomic E-state index is 12.7. The summed E-state index contributed by atoms with van der Waals surface area (Å²) in [5.74, 6) is -0.301. The van der Waals surface area contributed by atoms with Gasteiger partial charge in [0.15, 0.2) is 0 Å². The minimum atomic E-state index is -0.752. The number of amides is 1. The van der Waals surface area contributed by atoms with Gasteiger partial charge in [-0.1, -0.05) is 12.1 Å². The second-order valence-electron chi connectivity index (χ2n) is 6.24. The minimum Gasteiger partial charge on any atom is -0.378 e. The van der Waals surface area contributed by atoms with E-state index in [9.17, 15) is 14.4 Å². The second kappa shape index (κ2) is 7.08. The zero-order valence-corrected chi connectivity index (χ0v) is 14.5. The van der Waals surface area contributed by atoms with E-state index in [1.54, 1.807) is 18.2 Å². The SMILES string of the molecule is O=C(Nc1ccccc1N1CCOCC1)c1ccc2[nH]c(=O)c(=O)[nH]c2c1. The molecule has 0 aliphatic carbocycles. The molecule has 1 fully saturated rings. The zero-order valence-electron chi connectivity index (χ0n) is 14.5. The van der Waals surface area contributed by atoms with Crippen molar-refractivity contribution < 1.29 is 9.53 Å². The third-order valence-electron chi connectivity index (χ3n) is 4.49. The van der Waals surface area contributed by atoms with E-state index in [2.05, 4.69) is 20.2 Å². The smallest absolute Gasteiger partial charge is 0.314 e. The number of anilines is 2. The molecule has 1 aromatic heterocycles. The van der Waals surface area contributed by atoms with Gasteiger partial charge in [-0.05, 0) is 30.3 Å². The molecule has 1 aliphatic heterocycles. The quantitative estimate of drug-likeness (QED) is 0.606. The second-order valence-corrected chi connectivity index (χ2v) is 6.24. The van der Waals surface area contributed by atoms with Gasteiger partial charge in [0.05, 0.1) is 35.6 Å². The van der Waals surface area contributed by atoms with E-state index < -0.39 is 11.1 Å². The number of hydrogen-bond donors (Lipinski definition) is 3. The average molecular weight is 366 g/mol. The molecule has 0 bridgehead atoms. The van der Waals surface area contributed by atoms with Gasteiger partial charge in [0, 0.05) is 18.7 Å². The number of aromatic amines is 2. The highest BCUT2D eigenvalue weighted by Gasteiger charge is 2.16. The van der Waals surface area contributed by atoms with E-state index >= 15 is 0 Å². The van der Waals surface area contributed by atoms with Crippen molar-refractivity contribution in [3.8, 4) is 0 Å². The summed E-state index contributed by atoms with van der Waals surface area (Å²) in [4.78, 5) is 42.7. The molecule has 1 saturated heterocycles. The number of nitrogens with one attached hydrogen (secondary N) is 3. The Bertz CT molecular complexity index is 1110. The van der Waals surface area contributed by atoms with Gasteiger partial charge in [0.1, 0.15) is 0 Å². The predicted molar refractivity (Wildman–Crippen MR) is 103 cm³/mol. The summed E-state index contributed by atoms with van der Waals surface area (Å²) in [5, 5.41) is 2.93. The van der Waals surface area contributed by atoms with Crippen molar-refractivity contribution in [2.45, 2.75) is 0 Å². The fraction of sp³-hybridized carbons (Fsp3) is 0.211. The summed E-state index contributed by atoms with van der Waals surface area (Å²) in [5.41, 5.74) is 1.41. The molecule has 0 atom stereocenters. The lowest BCUT2D eigenvalue weighted by molar-refractivity contribution is 0.102. The van der Waals surface area contributed by atoms with Crippen LogP contribution in [0, 0.1) is 0 Å². The van der Waals surface area contributed by atoms with E-state index in [0.717, 1.165) is 18.8 Å². The Kier molecular flexibility index (Phi) is 4.47. The van der Waals surface area contributed by atoms with Crippen LogP contribution in [0.25, 0.3) is 11.0 Å². The van der Waals surface area contributed by atoms with Gasteiger partial charge in [-0.25, -0.2) is 0 Å². The topological polar surface area (TPSA) is 107 Å². The fourth-order valence-electron chi connectivity index (χ4n) is 3.11. The summed E-state index contributed by atoms with van der Waals surface area (Å²) in [7, 11) is 0. The summed E-state index contributed by atoms with van der Waals surface area (Å²) >= 11 is 0. The molecule has 4 rings (SSSR count). The number of H-pyrrole nitrogens is 2. The normalized spacial score (nSPS) is 14.3. The molecule has 138 valence electrons. The van der Waals surface area contributed by atoms with Crippen LogP contribution in [0.1, 0.15) is 10.4 Å². The van der Waals surface area contributed by atoms with Crippen molar-refractivity contribution in [1.82, 2.24) is 9.97 Å². The third-order valence-corrected chi connectivity index (χ3v) is 4.49. The first-order chi connectivity index (χ1) is 13.1. The molecule has 2 aromatic carbocycles. The maximum Gasteiger partial charge on any atom is 0.314 e. The number of hydrogen-bond acceptors (Lipinski definition) is 5. The largest absolute Gasteiger partial charge is 0.378 e. The van der Waals surface area contributed by atoms with E-state index in [1.807, 2.05) is 24.3 Å². The first kappa shape index (κ1) is 17.0. The highest BCUT2D eigenvalue weighted by molar-refractivity contribution is 6.07. The lowest BCUT2D eigenvalue weighted by atomic mass is 10.1. The Labute approximate surface area is 153 Å². The molecule has 2 heterocycles. The zero-order chi connectivity index (χ0) is 18.8. The number of benzene rings is 2. The van der Waals surface area contributed by atoms with Crippen LogP contribution < -0.4 is 21.3 Å². The number of rotatable bonds is 3. The monoisotopic (exact) mass is 366 g/mol. The molecule has 0 spiro atoms. The van der Waals surface area contributed by atoms with Crippen molar-refractivity contribution in [1.29, 1.82) is 0 Å². The number of carbonyl (C=O) groups is 1. The van der Waals surface area contributed by atoms with Gasteiger partial charge in [0.25, 0.3) is 5.91 Å². The lowest BCUT2D eigenvalue weighted by Gasteiger charge is -2.30. The van der Waals surface area contributed by atoms with Gasteiger partial charge < -0.3 is 24.9 Å². The molecule has 0 saturated carbocycles. The Morgan fingerprint density at radius 1 is 0.963 bits per heavy atom. The van der Waals surface area contributed by atoms with Crippen LogP contribution in [0.4, 0.5) is 11.4 Å². The number of ether oxygens (including phenoxy) is 1. The van der Waals surface area contributed by atoms with Gasteiger partial charge in [-0.15, -0.1) is 0 Å². The van der Waals surface area contributed by atoms with Crippen LogP contribution in [0.5, 0.6) is 0 Å². The summed E-state index contributed by atoms with van der Waals surface area (Å²) < 4.78 is 5.39. The lowest BCUT2D eigenvalue weighted by Crippen LogP contribution is -2.36. The van der Waals surface area contributed by atoms with Crippen LogP contribution in [0.3, 0.4) is 0 Å². The number of aromatic nitrogens is 2. The molecule has 1 aliphatic rings. The van der Waals surface area contributed by atoms with Gasteiger partial charge in [-0.3, -0.25) is 14.4 Å². The number of nitrogens with zero attached hydrogens (tertiary/aromatic N) is 1. The number of fused-ring (bicyclic) bond motifs is 1. The maximum atomic E-state index is 12.7. The van der Waals surface area contributed by atoms with E-state index in [0.29, 0.717) is 35.5 Å². The Morgan fingerprint density at radius 3 is 2.44 bits per heavy atom. The fourth-order valence-corrected chi connectivity index (χ4v) is 3.11. The van der Waals surface area contributed by atoms with Crippen LogP contribution in [0.2, 0.25) is 0 Å². The number of morpholine rings is 1. The van der Waals surface area contributed by atoms with E-state index in [-0.39, 0.29) is 5.91 Å². The molecule has 27 heavy (non-hydrogen) atoms. The molecule has 8 heteroatoms. The van der Waals surface area contributed by atoms with Crippen molar-refractivity contribution in [3.63, 3.8) is 0 Å². The predicted octanol–water partition coefficient (Wildman–Crippen LogP) is 1.31. The Balaban J connectivity index is 1.63.